The topological polar surface area (TPSA) is 77.8 Å². The van der Waals surface area contributed by atoms with Crippen LogP contribution < -0.4 is 4.74 Å². The largest absolute Gasteiger partial charge is 0.491 e. The van der Waals surface area contributed by atoms with Crippen LogP contribution in [-0.2, 0) is 0 Å². The second kappa shape index (κ2) is 7.25. The maximum Gasteiger partial charge on any atom is 0.167 e. The van der Waals surface area contributed by atoms with Crippen molar-refractivity contribution >= 4 is 0 Å². The molecule has 0 radical (unpaired) electrons. The Balaban J connectivity index is 1.61. The van der Waals surface area contributed by atoms with E-state index >= 15 is 0 Å². The Kier molecular flexibility index (Phi) is 4.89. The first-order chi connectivity index (χ1) is 11.3. The summed E-state index contributed by atoms with van der Waals surface area (Å²) in [7, 11) is 0. The Morgan fingerprint density at radius 1 is 1.39 bits per heavy atom. The number of H-pyrrole nitrogens is 1. The van der Waals surface area contributed by atoms with E-state index in [1.165, 1.54) is 12.8 Å². The zero-order valence-electron chi connectivity index (χ0n) is 13.3. The quantitative estimate of drug-likeness (QED) is 0.918. The minimum absolute atomic E-state index is 0.253. The summed E-state index contributed by atoms with van der Waals surface area (Å²) in [4.78, 5) is 6.86. The monoisotopic (exact) mass is 311 g/mol. The molecule has 6 heteroatoms. The van der Waals surface area contributed by atoms with Gasteiger partial charge in [-0.25, -0.2) is 4.98 Å². The standard InChI is InChI=1S/C17H21N5O/c1-13-19-17(21-20-13)15-7-4-5-9-22(15)10-11-23-16-8-3-2-6-14(16)12-18/h2-3,6,8,15H,4-5,7,9-11H2,1H3,(H,19,20,21). The number of hydrogen-bond donors (Lipinski definition) is 1. The lowest BCUT2D eigenvalue weighted by atomic mass is 10.0. The SMILES string of the molecule is Cc1nc(C2CCCCN2CCOc2ccccc2C#N)n[nH]1. The fraction of sp³-hybridized carbons (Fsp3) is 0.471. The van der Waals surface area contributed by atoms with Crippen molar-refractivity contribution in [2.45, 2.75) is 32.2 Å². The zero-order chi connectivity index (χ0) is 16.1. The molecule has 1 unspecified atom stereocenters. The van der Waals surface area contributed by atoms with Gasteiger partial charge in [0.2, 0.25) is 0 Å². The molecule has 0 saturated carbocycles. The van der Waals surface area contributed by atoms with Crippen LogP contribution in [0, 0.1) is 18.3 Å². The molecule has 2 aromatic rings. The third-order valence-electron chi connectivity index (χ3n) is 4.17. The Bertz CT molecular complexity index is 690. The van der Waals surface area contributed by atoms with Gasteiger partial charge in [0.05, 0.1) is 11.6 Å². The molecule has 2 heterocycles. The molecule has 1 saturated heterocycles. The summed E-state index contributed by atoms with van der Waals surface area (Å²) in [6.45, 7) is 4.31. The number of ether oxygens (including phenoxy) is 1. The van der Waals surface area contributed by atoms with E-state index < -0.39 is 0 Å². The number of aromatic amines is 1. The summed E-state index contributed by atoms with van der Waals surface area (Å²) < 4.78 is 5.81. The smallest absolute Gasteiger partial charge is 0.167 e. The molecule has 3 rings (SSSR count). The minimum Gasteiger partial charge on any atom is -0.491 e. The number of aromatic nitrogens is 3. The second-order valence-corrected chi connectivity index (χ2v) is 5.78. The van der Waals surface area contributed by atoms with Gasteiger partial charge in [-0.3, -0.25) is 10.00 Å². The summed E-state index contributed by atoms with van der Waals surface area (Å²) >= 11 is 0. The van der Waals surface area contributed by atoms with E-state index in [1.54, 1.807) is 6.07 Å². The summed E-state index contributed by atoms with van der Waals surface area (Å²) in [5, 5.41) is 16.3. The van der Waals surface area contributed by atoms with E-state index in [1.807, 2.05) is 25.1 Å². The molecule has 120 valence electrons. The van der Waals surface area contributed by atoms with Gasteiger partial charge in [0.25, 0.3) is 0 Å². The molecule has 0 bridgehead atoms. The molecule has 1 N–H and O–H groups in total. The fourth-order valence-corrected chi connectivity index (χ4v) is 3.02. The first-order valence-corrected chi connectivity index (χ1v) is 8.03. The summed E-state index contributed by atoms with van der Waals surface area (Å²) in [6, 6.07) is 9.75. The van der Waals surface area contributed by atoms with Crippen LogP contribution in [0.5, 0.6) is 5.75 Å². The molecule has 1 fully saturated rings. The number of nitrogens with one attached hydrogen (secondary N) is 1. The van der Waals surface area contributed by atoms with Crippen LogP contribution in [0.15, 0.2) is 24.3 Å². The highest BCUT2D eigenvalue weighted by molar-refractivity contribution is 5.42. The maximum atomic E-state index is 9.10. The normalized spacial score (nSPS) is 18.5. The van der Waals surface area contributed by atoms with E-state index in [0.29, 0.717) is 17.9 Å². The number of hydrogen-bond acceptors (Lipinski definition) is 5. The molecule has 0 amide bonds. The van der Waals surface area contributed by atoms with Gasteiger partial charge in [0, 0.05) is 6.54 Å². The zero-order valence-corrected chi connectivity index (χ0v) is 13.3. The highest BCUT2D eigenvalue weighted by Gasteiger charge is 2.26. The molecule has 1 atom stereocenters. The van der Waals surface area contributed by atoms with E-state index in [0.717, 1.165) is 31.2 Å². The van der Waals surface area contributed by atoms with Crippen LogP contribution in [0.25, 0.3) is 0 Å². The lowest BCUT2D eigenvalue weighted by Gasteiger charge is -2.33. The van der Waals surface area contributed by atoms with Gasteiger partial charge in [-0.05, 0) is 38.4 Å². The van der Waals surface area contributed by atoms with Crippen molar-refractivity contribution in [3.63, 3.8) is 0 Å². The number of benzene rings is 1. The molecular weight excluding hydrogens is 290 g/mol. The molecule has 0 spiro atoms. The van der Waals surface area contributed by atoms with Gasteiger partial charge in [-0.15, -0.1) is 0 Å². The van der Waals surface area contributed by atoms with Crippen molar-refractivity contribution in [2.24, 2.45) is 0 Å². The van der Waals surface area contributed by atoms with Gasteiger partial charge in [-0.1, -0.05) is 18.6 Å². The molecular formula is C17H21N5O. The summed E-state index contributed by atoms with van der Waals surface area (Å²) in [5.41, 5.74) is 0.576. The average molecular weight is 311 g/mol. The first-order valence-electron chi connectivity index (χ1n) is 8.03. The van der Waals surface area contributed by atoms with Crippen LogP contribution in [0.2, 0.25) is 0 Å². The van der Waals surface area contributed by atoms with Crippen molar-refractivity contribution in [3.05, 3.63) is 41.5 Å². The van der Waals surface area contributed by atoms with Crippen LogP contribution in [0.1, 0.15) is 42.5 Å². The van der Waals surface area contributed by atoms with E-state index in [9.17, 15) is 0 Å². The van der Waals surface area contributed by atoms with E-state index in [2.05, 4.69) is 26.2 Å². The lowest BCUT2D eigenvalue weighted by Crippen LogP contribution is -2.37. The molecule has 6 nitrogen and oxygen atoms in total. The van der Waals surface area contributed by atoms with Gasteiger partial charge in [-0.2, -0.15) is 10.4 Å². The molecule has 1 aromatic heterocycles. The Morgan fingerprint density at radius 2 is 2.26 bits per heavy atom. The highest BCUT2D eigenvalue weighted by atomic mass is 16.5. The molecule has 23 heavy (non-hydrogen) atoms. The highest BCUT2D eigenvalue weighted by Crippen LogP contribution is 2.28. The van der Waals surface area contributed by atoms with Crippen LogP contribution >= 0.6 is 0 Å². The Labute approximate surface area is 136 Å². The Morgan fingerprint density at radius 3 is 3.04 bits per heavy atom. The summed E-state index contributed by atoms with van der Waals surface area (Å²) in [6.07, 6.45) is 3.47. The predicted octanol–water partition coefficient (Wildman–Crippen LogP) is 2.59. The molecule has 1 aliphatic rings. The first kappa shape index (κ1) is 15.5. The van der Waals surface area contributed by atoms with E-state index in [-0.39, 0.29) is 6.04 Å². The number of para-hydroxylation sites is 1. The van der Waals surface area contributed by atoms with Crippen LogP contribution in [0.3, 0.4) is 0 Å². The maximum absolute atomic E-state index is 9.10. The van der Waals surface area contributed by atoms with Gasteiger partial charge in [0.15, 0.2) is 5.82 Å². The number of likely N-dealkylation sites (tertiary alicyclic amines) is 1. The molecule has 1 aliphatic heterocycles. The molecule has 1 aromatic carbocycles. The van der Waals surface area contributed by atoms with E-state index in [4.69, 9.17) is 10.00 Å². The predicted molar refractivity (Wildman–Crippen MR) is 85.9 cm³/mol. The van der Waals surface area contributed by atoms with Gasteiger partial charge < -0.3 is 4.74 Å². The van der Waals surface area contributed by atoms with Crippen LogP contribution in [-0.4, -0.2) is 39.8 Å². The number of rotatable bonds is 5. The third kappa shape index (κ3) is 3.69. The second-order valence-electron chi connectivity index (χ2n) is 5.78. The third-order valence-corrected chi connectivity index (χ3v) is 4.17. The van der Waals surface area contributed by atoms with Gasteiger partial charge >= 0.3 is 0 Å². The fourth-order valence-electron chi connectivity index (χ4n) is 3.02. The van der Waals surface area contributed by atoms with Crippen LogP contribution in [0.4, 0.5) is 0 Å². The van der Waals surface area contributed by atoms with Gasteiger partial charge in [0.1, 0.15) is 24.3 Å². The van der Waals surface area contributed by atoms with Crippen molar-refractivity contribution in [2.75, 3.05) is 19.7 Å². The van der Waals surface area contributed by atoms with Crippen molar-refractivity contribution < 1.29 is 4.74 Å². The van der Waals surface area contributed by atoms with Crippen molar-refractivity contribution in [1.29, 1.82) is 5.26 Å². The molecule has 0 aliphatic carbocycles. The Hall–Kier alpha value is -2.39. The number of piperidine rings is 1. The van der Waals surface area contributed by atoms with Crippen molar-refractivity contribution in [1.82, 2.24) is 20.1 Å². The average Bonchev–Trinajstić information content (AvgIpc) is 3.02. The summed E-state index contributed by atoms with van der Waals surface area (Å²) in [5.74, 6) is 2.38. The number of nitrogens with zero attached hydrogens (tertiary/aromatic N) is 4. The number of nitriles is 1. The lowest BCUT2D eigenvalue weighted by molar-refractivity contribution is 0.118. The number of aryl methyl sites for hydroxylation is 1. The van der Waals surface area contributed by atoms with Crippen molar-refractivity contribution in [3.8, 4) is 11.8 Å². The minimum atomic E-state index is 0.253.